The Hall–Kier alpha value is -1.62. The maximum absolute atomic E-state index is 13.0. The molecule has 16 heavy (non-hydrogen) atoms. The molecule has 0 aliphatic heterocycles. The van der Waals surface area contributed by atoms with Crippen molar-refractivity contribution in [3.8, 4) is 0 Å². The van der Waals surface area contributed by atoms with Crippen molar-refractivity contribution >= 4 is 11.7 Å². The van der Waals surface area contributed by atoms with Crippen LogP contribution in [0.3, 0.4) is 0 Å². The van der Waals surface area contributed by atoms with Gasteiger partial charge in [0.25, 0.3) is 0 Å². The van der Waals surface area contributed by atoms with E-state index in [1.54, 1.807) is 12.1 Å². The molecule has 0 fully saturated rings. The zero-order chi connectivity index (χ0) is 12.0. The first-order valence-corrected chi connectivity index (χ1v) is 5.14. The number of halogens is 1. The van der Waals surface area contributed by atoms with Crippen molar-refractivity contribution in [2.24, 2.45) is 5.73 Å². The number of urea groups is 1. The molecule has 1 aromatic rings. The van der Waals surface area contributed by atoms with Crippen molar-refractivity contribution in [1.82, 2.24) is 5.32 Å². The monoisotopic (exact) mass is 225 g/mol. The fourth-order valence-electron chi connectivity index (χ4n) is 1.38. The highest BCUT2D eigenvalue weighted by molar-refractivity contribution is 5.91. The number of anilines is 1. The van der Waals surface area contributed by atoms with Gasteiger partial charge < -0.3 is 11.1 Å². The summed E-state index contributed by atoms with van der Waals surface area (Å²) in [5, 5.41) is 2.52. The van der Waals surface area contributed by atoms with E-state index in [-0.39, 0.29) is 11.8 Å². The number of hydrogen-bond donors (Lipinski definition) is 2. The number of nitrogens with one attached hydrogen (secondary N) is 1. The number of nitrogens with two attached hydrogens (primary N) is 1. The average Bonchev–Trinajstić information content (AvgIpc) is 2.29. The number of hydrogen-bond acceptors (Lipinski definition) is 2. The highest BCUT2D eigenvalue weighted by atomic mass is 19.1. The highest BCUT2D eigenvalue weighted by Gasteiger charge is 2.13. The summed E-state index contributed by atoms with van der Waals surface area (Å²) in [6.45, 7) is 0.961. The van der Waals surface area contributed by atoms with Crippen LogP contribution in [0.2, 0.25) is 0 Å². The van der Waals surface area contributed by atoms with Gasteiger partial charge in [-0.3, -0.25) is 4.90 Å². The predicted octanol–water partition coefficient (Wildman–Crippen LogP) is 1.32. The summed E-state index contributed by atoms with van der Waals surface area (Å²) in [4.78, 5) is 13.0. The van der Waals surface area contributed by atoms with Gasteiger partial charge in [-0.2, -0.15) is 0 Å². The molecule has 4 nitrogen and oxygen atoms in total. The van der Waals surface area contributed by atoms with E-state index in [9.17, 15) is 9.18 Å². The summed E-state index contributed by atoms with van der Waals surface area (Å²) in [7, 11) is 1.54. The van der Waals surface area contributed by atoms with Crippen LogP contribution < -0.4 is 16.0 Å². The standard InChI is InChI=1S/C11H16FN3O/c1-14-11(16)15(7-3-6-13)10-5-2-4-9(12)8-10/h2,4-5,8H,3,6-7,13H2,1H3,(H,14,16). The second kappa shape index (κ2) is 6.07. The van der Waals surface area contributed by atoms with Crippen molar-refractivity contribution in [3.63, 3.8) is 0 Å². The molecule has 1 rings (SSSR count). The predicted molar refractivity (Wildman–Crippen MR) is 61.9 cm³/mol. The molecule has 0 unspecified atom stereocenters. The Kier molecular flexibility index (Phi) is 4.72. The molecule has 0 heterocycles. The largest absolute Gasteiger partial charge is 0.341 e. The molecule has 0 radical (unpaired) electrons. The fourth-order valence-corrected chi connectivity index (χ4v) is 1.38. The lowest BCUT2D eigenvalue weighted by Crippen LogP contribution is -2.39. The van der Waals surface area contributed by atoms with Crippen LogP contribution in [0.5, 0.6) is 0 Å². The normalized spacial score (nSPS) is 9.94. The molecule has 0 aliphatic rings. The molecule has 3 N–H and O–H groups in total. The minimum atomic E-state index is -0.362. The zero-order valence-electron chi connectivity index (χ0n) is 9.24. The van der Waals surface area contributed by atoms with Crippen molar-refractivity contribution < 1.29 is 9.18 Å². The van der Waals surface area contributed by atoms with Gasteiger partial charge >= 0.3 is 6.03 Å². The minimum Gasteiger partial charge on any atom is -0.341 e. The lowest BCUT2D eigenvalue weighted by atomic mass is 10.2. The molecule has 0 aromatic heterocycles. The van der Waals surface area contributed by atoms with E-state index >= 15 is 0 Å². The maximum atomic E-state index is 13.0. The lowest BCUT2D eigenvalue weighted by Gasteiger charge is -2.22. The molecular formula is C11H16FN3O. The third-order valence-corrected chi connectivity index (χ3v) is 2.16. The first-order valence-electron chi connectivity index (χ1n) is 5.14. The number of carbonyl (C=O) groups excluding carboxylic acids is 1. The fraction of sp³-hybridized carbons (Fsp3) is 0.364. The van der Waals surface area contributed by atoms with Crippen molar-refractivity contribution in [2.45, 2.75) is 6.42 Å². The number of benzene rings is 1. The van der Waals surface area contributed by atoms with Crippen molar-refractivity contribution in [3.05, 3.63) is 30.1 Å². The number of amides is 2. The quantitative estimate of drug-likeness (QED) is 0.812. The summed E-state index contributed by atoms with van der Waals surface area (Å²) in [6.07, 6.45) is 0.671. The van der Waals surface area contributed by atoms with Gasteiger partial charge in [-0.15, -0.1) is 0 Å². The average molecular weight is 225 g/mol. The highest BCUT2D eigenvalue weighted by Crippen LogP contribution is 2.15. The van der Waals surface area contributed by atoms with Crippen molar-refractivity contribution in [1.29, 1.82) is 0 Å². The second-order valence-corrected chi connectivity index (χ2v) is 3.33. The smallest absolute Gasteiger partial charge is 0.321 e. The van der Waals surface area contributed by atoms with Gasteiger partial charge in [0.15, 0.2) is 0 Å². The molecule has 0 aliphatic carbocycles. The van der Waals surface area contributed by atoms with Crippen molar-refractivity contribution in [2.75, 3.05) is 25.0 Å². The van der Waals surface area contributed by atoms with Crippen LogP contribution in [0.1, 0.15) is 6.42 Å². The zero-order valence-corrected chi connectivity index (χ0v) is 9.24. The van der Waals surface area contributed by atoms with Gasteiger partial charge in [0.05, 0.1) is 0 Å². The Bertz CT molecular complexity index is 357. The molecule has 0 saturated carbocycles. The van der Waals surface area contributed by atoms with E-state index in [0.717, 1.165) is 0 Å². The van der Waals surface area contributed by atoms with Crippen LogP contribution in [0, 0.1) is 5.82 Å². The van der Waals surface area contributed by atoms with Gasteiger partial charge in [0.1, 0.15) is 5.82 Å². The SMILES string of the molecule is CNC(=O)N(CCCN)c1cccc(F)c1. The Labute approximate surface area is 94.2 Å². The van der Waals surface area contributed by atoms with E-state index in [1.165, 1.54) is 24.1 Å². The molecule has 0 bridgehead atoms. The van der Waals surface area contributed by atoms with Crippen LogP contribution in [-0.4, -0.2) is 26.2 Å². The first kappa shape index (κ1) is 12.4. The summed E-state index contributed by atoms with van der Waals surface area (Å²) in [5.41, 5.74) is 5.93. The molecule has 88 valence electrons. The van der Waals surface area contributed by atoms with E-state index < -0.39 is 0 Å². The van der Waals surface area contributed by atoms with Gasteiger partial charge in [0.2, 0.25) is 0 Å². The third kappa shape index (κ3) is 3.20. The summed E-state index contributed by atoms with van der Waals surface area (Å²) < 4.78 is 13.0. The summed E-state index contributed by atoms with van der Waals surface area (Å²) >= 11 is 0. The summed E-state index contributed by atoms with van der Waals surface area (Å²) in [5.74, 6) is -0.362. The number of nitrogens with zero attached hydrogens (tertiary/aromatic N) is 1. The Morgan fingerprint density at radius 1 is 1.56 bits per heavy atom. The maximum Gasteiger partial charge on any atom is 0.321 e. The van der Waals surface area contributed by atoms with Crippen LogP contribution >= 0.6 is 0 Å². The first-order chi connectivity index (χ1) is 7.69. The Morgan fingerprint density at radius 2 is 2.31 bits per heavy atom. The number of rotatable bonds is 4. The van der Waals surface area contributed by atoms with Gasteiger partial charge in [0, 0.05) is 19.3 Å². The molecule has 2 amide bonds. The molecule has 0 saturated heterocycles. The van der Waals surface area contributed by atoms with Gasteiger partial charge in [-0.1, -0.05) is 6.07 Å². The van der Waals surface area contributed by atoms with Gasteiger partial charge in [-0.25, -0.2) is 9.18 Å². The van der Waals surface area contributed by atoms with Crippen LogP contribution in [0.25, 0.3) is 0 Å². The van der Waals surface area contributed by atoms with Crippen LogP contribution in [-0.2, 0) is 0 Å². The van der Waals surface area contributed by atoms with Gasteiger partial charge in [-0.05, 0) is 31.2 Å². The third-order valence-electron chi connectivity index (χ3n) is 2.16. The molecule has 0 spiro atoms. The second-order valence-electron chi connectivity index (χ2n) is 3.33. The van der Waals surface area contributed by atoms with E-state index in [0.29, 0.717) is 25.2 Å². The molecular weight excluding hydrogens is 209 g/mol. The van der Waals surface area contributed by atoms with Crippen LogP contribution in [0.15, 0.2) is 24.3 Å². The molecule has 1 aromatic carbocycles. The summed E-state index contributed by atoms with van der Waals surface area (Å²) in [6, 6.07) is 5.66. The lowest BCUT2D eigenvalue weighted by molar-refractivity contribution is 0.248. The Balaban J connectivity index is 2.87. The van der Waals surface area contributed by atoms with Crippen LogP contribution in [0.4, 0.5) is 14.9 Å². The molecule has 0 atom stereocenters. The topological polar surface area (TPSA) is 58.4 Å². The number of carbonyl (C=O) groups is 1. The minimum absolute atomic E-state index is 0.265. The van der Waals surface area contributed by atoms with E-state index in [1.807, 2.05) is 0 Å². The Morgan fingerprint density at radius 3 is 2.88 bits per heavy atom. The molecule has 5 heteroatoms. The van der Waals surface area contributed by atoms with E-state index in [2.05, 4.69) is 5.32 Å². The van der Waals surface area contributed by atoms with E-state index in [4.69, 9.17) is 5.73 Å².